The number of benzene rings is 7. The van der Waals surface area contributed by atoms with Gasteiger partial charge < -0.3 is 18.9 Å². The van der Waals surface area contributed by atoms with Crippen LogP contribution in [-0.4, -0.2) is 40.5 Å². The van der Waals surface area contributed by atoms with Gasteiger partial charge in [-0.1, -0.05) is 6.07 Å². The van der Waals surface area contributed by atoms with Gasteiger partial charge in [0, 0.05) is 30.4 Å². The number of ether oxygens (including phenoxy) is 4. The summed E-state index contributed by atoms with van der Waals surface area (Å²) in [7, 11) is -7.80. The van der Waals surface area contributed by atoms with Gasteiger partial charge in [-0.25, -0.2) is 26.6 Å². The Morgan fingerprint density at radius 1 is 0.288 bits per heavy atom. The molecule has 0 N–H and O–H groups in total. The number of anilines is 2. The predicted octanol–water partition coefficient (Wildman–Crippen LogP) is 9.38. The van der Waals surface area contributed by atoms with Gasteiger partial charge in [-0.2, -0.15) is 0 Å². The van der Waals surface area contributed by atoms with E-state index in [0.29, 0.717) is 57.4 Å². The lowest BCUT2D eigenvalue weighted by molar-refractivity contribution is -0.121. The van der Waals surface area contributed by atoms with Crippen LogP contribution in [-0.2, 0) is 38.9 Å². The Morgan fingerprint density at radius 3 is 0.773 bits per heavy atom. The number of hydrogen-bond acceptors (Lipinski definition) is 12. The molecule has 0 bridgehead atoms. The molecule has 0 spiro atoms. The molecule has 4 amide bonds. The monoisotopic (exact) mass is 916 g/mol. The Hall–Kier alpha value is -8.60. The summed E-state index contributed by atoms with van der Waals surface area (Å²) in [5, 5.41) is 0. The van der Waals surface area contributed by atoms with Crippen molar-refractivity contribution < 1.29 is 55.0 Å². The van der Waals surface area contributed by atoms with Gasteiger partial charge in [0.15, 0.2) is 0 Å². The molecular weight excluding hydrogens is 885 g/mol. The third-order valence-corrected chi connectivity index (χ3v) is 13.7. The van der Waals surface area contributed by atoms with E-state index in [0.717, 1.165) is 9.80 Å². The lowest BCUT2D eigenvalue weighted by Gasteiger charge is -2.14. The van der Waals surface area contributed by atoms with Crippen molar-refractivity contribution in [3.8, 4) is 46.0 Å². The number of rotatable bonds is 14. The number of carbonyl (C=O) groups is 4. The topological polar surface area (TPSA) is 180 Å². The van der Waals surface area contributed by atoms with Crippen molar-refractivity contribution in [1.29, 1.82) is 0 Å². The second-order valence-corrected chi connectivity index (χ2v) is 18.4. The van der Waals surface area contributed by atoms with Crippen LogP contribution < -0.4 is 28.7 Å². The van der Waals surface area contributed by atoms with E-state index in [-0.39, 0.29) is 19.6 Å². The molecule has 0 fully saturated rings. The van der Waals surface area contributed by atoms with E-state index in [1.165, 1.54) is 121 Å². The molecule has 9 rings (SSSR count). The quantitative estimate of drug-likeness (QED) is 0.0945. The maximum Gasteiger partial charge on any atom is 0.258 e. The molecule has 0 aliphatic carbocycles. The maximum absolute atomic E-state index is 13.5. The Balaban J connectivity index is 0.781. The van der Waals surface area contributed by atoms with Crippen LogP contribution in [0.4, 0.5) is 11.4 Å². The highest BCUT2D eigenvalue weighted by atomic mass is 32.2. The molecule has 0 unspecified atom stereocenters. The molecule has 2 aliphatic rings. The van der Waals surface area contributed by atoms with Crippen molar-refractivity contribution in [2.75, 3.05) is 9.80 Å². The summed E-state index contributed by atoms with van der Waals surface area (Å²) in [6.07, 6.45) is 4.79. The molecule has 0 aromatic heterocycles. The third kappa shape index (κ3) is 8.94. The largest absolute Gasteiger partial charge is 0.457 e. The average Bonchev–Trinajstić information content (AvgIpc) is 3.85. The Bertz CT molecular complexity index is 3060. The summed E-state index contributed by atoms with van der Waals surface area (Å²) in [6, 6.07) is 43.1. The molecule has 14 nitrogen and oxygen atoms in total. The van der Waals surface area contributed by atoms with E-state index in [1.807, 2.05) is 0 Å². The van der Waals surface area contributed by atoms with Gasteiger partial charge in [0.1, 0.15) is 46.0 Å². The van der Waals surface area contributed by atoms with Gasteiger partial charge in [0.25, 0.3) is 23.6 Å². The van der Waals surface area contributed by atoms with E-state index in [4.69, 9.17) is 18.9 Å². The van der Waals surface area contributed by atoms with E-state index in [9.17, 15) is 36.0 Å². The van der Waals surface area contributed by atoms with Gasteiger partial charge in [-0.05, 0) is 158 Å². The third-order valence-electron chi connectivity index (χ3n) is 10.1. The molecule has 7 aromatic carbocycles. The van der Waals surface area contributed by atoms with Crippen LogP contribution in [0.15, 0.2) is 214 Å². The maximum atomic E-state index is 13.5. The number of imide groups is 2. The van der Waals surface area contributed by atoms with E-state index < -0.39 is 43.3 Å². The molecule has 326 valence electrons. The van der Waals surface area contributed by atoms with Gasteiger partial charge in [-0.15, -0.1) is 0 Å². The first-order valence-corrected chi connectivity index (χ1v) is 22.8. The molecule has 0 saturated carbocycles. The minimum absolute atomic E-state index is 0.0446. The van der Waals surface area contributed by atoms with E-state index >= 15 is 0 Å². The molecular formula is C50H32N2O12S2. The fourth-order valence-electron chi connectivity index (χ4n) is 6.80. The summed E-state index contributed by atoms with van der Waals surface area (Å²) in [6.45, 7) is 0. The van der Waals surface area contributed by atoms with Gasteiger partial charge in [0.05, 0.1) is 31.0 Å². The van der Waals surface area contributed by atoms with Crippen LogP contribution >= 0.6 is 0 Å². The number of amides is 4. The summed E-state index contributed by atoms with van der Waals surface area (Å²) in [5.41, 5.74) is 0.794. The van der Waals surface area contributed by atoms with Crippen molar-refractivity contribution in [1.82, 2.24) is 0 Å². The second-order valence-electron chi connectivity index (χ2n) is 14.5. The van der Waals surface area contributed by atoms with Crippen molar-refractivity contribution in [3.05, 3.63) is 194 Å². The van der Waals surface area contributed by atoms with Crippen molar-refractivity contribution in [2.45, 2.75) is 19.6 Å². The number of carbonyl (C=O) groups excluding carboxylic acids is 4. The lowest BCUT2D eigenvalue weighted by atomic mass is 10.2. The first-order valence-electron chi connectivity index (χ1n) is 19.8. The fourth-order valence-corrected chi connectivity index (χ4v) is 9.32. The number of nitrogens with zero attached hydrogens (tertiary/aromatic N) is 2. The Morgan fingerprint density at radius 2 is 0.515 bits per heavy atom. The van der Waals surface area contributed by atoms with Crippen LogP contribution in [0.1, 0.15) is 0 Å². The summed E-state index contributed by atoms with van der Waals surface area (Å²) < 4.78 is 77.5. The second kappa shape index (κ2) is 17.5. The SMILES string of the molecule is O=C1C=CC(=O)N1c1ccc(Oc2ccc(S(=O)(=O)c3ccc(Oc4cccc(Oc5ccc(S(=O)(=O)c6ccc(Oc7ccc(N8C(=O)C=CC8=O)cc7)cc6)cc5)c4)cc3)cc2)cc1. The molecule has 7 aromatic rings. The van der Waals surface area contributed by atoms with Crippen molar-refractivity contribution in [3.63, 3.8) is 0 Å². The number of hydrogen-bond donors (Lipinski definition) is 0. The molecule has 0 atom stereocenters. The molecule has 66 heavy (non-hydrogen) atoms. The van der Waals surface area contributed by atoms with Crippen molar-refractivity contribution in [2.24, 2.45) is 0 Å². The van der Waals surface area contributed by atoms with Crippen LogP contribution in [0.2, 0.25) is 0 Å². The van der Waals surface area contributed by atoms with Crippen LogP contribution in [0.3, 0.4) is 0 Å². The van der Waals surface area contributed by atoms with Crippen LogP contribution in [0, 0.1) is 0 Å². The summed E-state index contributed by atoms with van der Waals surface area (Å²) in [4.78, 5) is 50.1. The van der Waals surface area contributed by atoms with Gasteiger partial charge >= 0.3 is 0 Å². The highest BCUT2D eigenvalue weighted by molar-refractivity contribution is 7.91. The lowest BCUT2D eigenvalue weighted by Crippen LogP contribution is -2.29. The number of sulfone groups is 2. The Labute approximate surface area is 377 Å². The van der Waals surface area contributed by atoms with Gasteiger partial charge in [-0.3, -0.25) is 19.2 Å². The fraction of sp³-hybridized carbons (Fsp3) is 0. The van der Waals surface area contributed by atoms with E-state index in [1.54, 1.807) is 72.8 Å². The molecule has 2 aliphatic heterocycles. The highest BCUT2D eigenvalue weighted by Gasteiger charge is 2.26. The zero-order valence-electron chi connectivity index (χ0n) is 34.1. The zero-order valence-corrected chi connectivity index (χ0v) is 35.7. The van der Waals surface area contributed by atoms with Crippen molar-refractivity contribution >= 4 is 54.7 Å². The zero-order chi connectivity index (χ0) is 46.0. The standard InChI is InChI=1S/C50H32N2O12S2/c53-47-28-29-48(54)51(47)33-4-8-35(9-5-33)61-37-12-20-43(21-13-37)65(57,58)45-24-16-39(17-25-45)63-41-2-1-3-42(32-41)64-40-18-26-46(27-19-40)66(59,60)44-22-14-38(15-23-44)62-36-10-6-34(7-11-36)52-49(55)30-31-50(52)56/h1-32H. The highest BCUT2D eigenvalue weighted by Crippen LogP contribution is 2.34. The average molecular weight is 917 g/mol. The first kappa shape index (κ1) is 42.7. The van der Waals surface area contributed by atoms with Crippen LogP contribution in [0.5, 0.6) is 46.0 Å². The van der Waals surface area contributed by atoms with Gasteiger partial charge in [0.2, 0.25) is 19.7 Å². The minimum Gasteiger partial charge on any atom is -0.457 e. The molecule has 2 heterocycles. The molecule has 0 radical (unpaired) electrons. The minimum atomic E-state index is -3.90. The van der Waals surface area contributed by atoms with E-state index in [2.05, 4.69) is 0 Å². The smallest absolute Gasteiger partial charge is 0.258 e. The Kier molecular flexibility index (Phi) is 11.3. The first-order chi connectivity index (χ1) is 31.8. The predicted molar refractivity (Wildman–Crippen MR) is 240 cm³/mol. The summed E-state index contributed by atoms with van der Waals surface area (Å²) in [5.74, 6) is 1.41. The molecule has 16 heteroatoms. The normalized spacial score (nSPS) is 13.6. The van der Waals surface area contributed by atoms with Crippen LogP contribution in [0.25, 0.3) is 0 Å². The molecule has 0 saturated heterocycles. The summed E-state index contributed by atoms with van der Waals surface area (Å²) >= 11 is 0.